The van der Waals surface area contributed by atoms with Crippen LogP contribution < -0.4 is 0 Å². The molecule has 29 heavy (non-hydrogen) atoms. The summed E-state index contributed by atoms with van der Waals surface area (Å²) in [5.74, 6) is -1.33. The standard InChI is InChI=1S/2C9H18O2.C5H12O2/c2*1-2-3-4-5-6-7-8-9(10)11;1-5(2,3-6)4-7/h2*2-8H2,1H3,(H,10,11);6-7H,3-4H2,1-2H3. The van der Waals surface area contributed by atoms with Crippen LogP contribution in [0.25, 0.3) is 0 Å². The Labute approximate surface area is 178 Å². The molecule has 0 aromatic rings. The molecule has 0 aromatic carbocycles. The van der Waals surface area contributed by atoms with Gasteiger partial charge in [0, 0.05) is 18.3 Å². The van der Waals surface area contributed by atoms with Crippen molar-refractivity contribution in [3.8, 4) is 0 Å². The minimum absolute atomic E-state index is 0.0451. The zero-order chi connectivity index (χ0) is 23.0. The Morgan fingerprint density at radius 2 is 0.862 bits per heavy atom. The largest absolute Gasteiger partial charge is 0.481 e. The predicted octanol–water partition coefficient (Wildman–Crippen LogP) is 5.64. The molecule has 0 aliphatic heterocycles. The second kappa shape index (κ2) is 24.9. The fourth-order valence-electron chi connectivity index (χ4n) is 2.16. The first-order valence-electron chi connectivity index (χ1n) is 11.3. The number of aliphatic carboxylic acids is 2. The van der Waals surface area contributed by atoms with Gasteiger partial charge in [-0.3, -0.25) is 9.59 Å². The SMILES string of the molecule is CC(C)(CO)CO.CCCCCCCCC(=O)O.CCCCCCCCC(=O)O. The van der Waals surface area contributed by atoms with Gasteiger partial charge in [0.1, 0.15) is 0 Å². The van der Waals surface area contributed by atoms with Crippen LogP contribution in [-0.4, -0.2) is 45.6 Å². The number of carboxylic acid groups (broad SMARTS) is 2. The quantitative estimate of drug-likeness (QED) is 0.240. The molecule has 6 heteroatoms. The molecule has 0 radical (unpaired) electrons. The van der Waals surface area contributed by atoms with Crippen LogP contribution in [0.4, 0.5) is 0 Å². The van der Waals surface area contributed by atoms with Gasteiger partial charge in [-0.25, -0.2) is 0 Å². The molecule has 0 amide bonds. The van der Waals surface area contributed by atoms with E-state index in [2.05, 4.69) is 13.8 Å². The van der Waals surface area contributed by atoms with E-state index < -0.39 is 11.9 Å². The van der Waals surface area contributed by atoms with Crippen LogP contribution in [-0.2, 0) is 9.59 Å². The number of carbonyl (C=O) groups is 2. The molecule has 0 heterocycles. The molecule has 4 N–H and O–H groups in total. The summed E-state index contributed by atoms with van der Waals surface area (Å²) in [6.07, 6.45) is 14.5. The first kappa shape index (κ1) is 32.5. The fourth-order valence-corrected chi connectivity index (χ4v) is 2.16. The molecular formula is C23H48O6. The lowest BCUT2D eigenvalue weighted by molar-refractivity contribution is -0.138. The van der Waals surface area contributed by atoms with E-state index in [0.29, 0.717) is 12.8 Å². The lowest BCUT2D eigenvalue weighted by atomic mass is 9.97. The molecular weight excluding hydrogens is 372 g/mol. The third-order valence-electron chi connectivity index (χ3n) is 4.34. The average molecular weight is 421 g/mol. The molecule has 0 aromatic heterocycles. The minimum Gasteiger partial charge on any atom is -0.481 e. The summed E-state index contributed by atoms with van der Waals surface area (Å²) >= 11 is 0. The zero-order valence-electron chi connectivity index (χ0n) is 19.4. The van der Waals surface area contributed by atoms with Crippen LogP contribution in [0.3, 0.4) is 0 Å². The van der Waals surface area contributed by atoms with E-state index in [1.807, 2.05) is 0 Å². The summed E-state index contributed by atoms with van der Waals surface area (Å²) in [4.78, 5) is 20.2. The lowest BCUT2D eigenvalue weighted by Crippen LogP contribution is -2.20. The second-order valence-electron chi connectivity index (χ2n) is 8.30. The monoisotopic (exact) mass is 420 g/mol. The highest BCUT2D eigenvalue weighted by Gasteiger charge is 2.13. The Morgan fingerprint density at radius 1 is 0.586 bits per heavy atom. The van der Waals surface area contributed by atoms with Crippen LogP contribution in [0.2, 0.25) is 0 Å². The molecule has 0 aliphatic carbocycles. The Balaban J connectivity index is -0.000000360. The zero-order valence-corrected chi connectivity index (χ0v) is 19.4. The van der Waals surface area contributed by atoms with Gasteiger partial charge in [-0.05, 0) is 12.8 Å². The van der Waals surface area contributed by atoms with Gasteiger partial charge in [-0.15, -0.1) is 0 Å². The highest BCUT2D eigenvalue weighted by atomic mass is 16.4. The number of hydrogen-bond acceptors (Lipinski definition) is 4. The van der Waals surface area contributed by atoms with Gasteiger partial charge < -0.3 is 20.4 Å². The maximum Gasteiger partial charge on any atom is 0.303 e. The van der Waals surface area contributed by atoms with Crippen molar-refractivity contribution in [2.75, 3.05) is 13.2 Å². The topological polar surface area (TPSA) is 115 Å². The van der Waals surface area contributed by atoms with Crippen molar-refractivity contribution in [1.29, 1.82) is 0 Å². The summed E-state index contributed by atoms with van der Waals surface area (Å²) < 4.78 is 0. The van der Waals surface area contributed by atoms with Crippen LogP contribution in [0.5, 0.6) is 0 Å². The number of unbranched alkanes of at least 4 members (excludes halogenated alkanes) is 10. The first-order valence-corrected chi connectivity index (χ1v) is 11.3. The van der Waals surface area contributed by atoms with Gasteiger partial charge in [0.2, 0.25) is 0 Å². The van der Waals surface area contributed by atoms with E-state index >= 15 is 0 Å². The third kappa shape index (κ3) is 38.1. The maximum atomic E-state index is 10.1. The van der Waals surface area contributed by atoms with E-state index in [1.165, 1.54) is 51.4 Å². The highest BCUT2D eigenvalue weighted by molar-refractivity contribution is 5.66. The van der Waals surface area contributed by atoms with E-state index in [9.17, 15) is 9.59 Å². The van der Waals surface area contributed by atoms with E-state index in [-0.39, 0.29) is 18.6 Å². The molecule has 0 saturated heterocycles. The van der Waals surface area contributed by atoms with Gasteiger partial charge in [-0.2, -0.15) is 0 Å². The second-order valence-corrected chi connectivity index (χ2v) is 8.30. The summed E-state index contributed by atoms with van der Waals surface area (Å²) in [6.45, 7) is 8.04. The van der Waals surface area contributed by atoms with Gasteiger partial charge in [0.25, 0.3) is 0 Å². The molecule has 176 valence electrons. The van der Waals surface area contributed by atoms with Gasteiger partial charge in [0.15, 0.2) is 0 Å². The van der Waals surface area contributed by atoms with Gasteiger partial charge in [-0.1, -0.05) is 91.9 Å². The molecule has 6 nitrogen and oxygen atoms in total. The minimum atomic E-state index is -0.666. The van der Waals surface area contributed by atoms with Crippen molar-refractivity contribution in [2.24, 2.45) is 5.41 Å². The molecule has 0 spiro atoms. The molecule has 0 atom stereocenters. The van der Waals surface area contributed by atoms with Crippen molar-refractivity contribution >= 4 is 11.9 Å². The Morgan fingerprint density at radius 3 is 1.07 bits per heavy atom. The van der Waals surface area contributed by atoms with Gasteiger partial charge >= 0.3 is 11.9 Å². The number of aliphatic hydroxyl groups is 2. The maximum absolute atomic E-state index is 10.1. The summed E-state index contributed by atoms with van der Waals surface area (Å²) in [5, 5.41) is 33.5. The number of rotatable bonds is 16. The average Bonchev–Trinajstić information content (AvgIpc) is 2.68. The first-order chi connectivity index (χ1) is 13.7. The molecule has 0 unspecified atom stereocenters. The van der Waals surface area contributed by atoms with Crippen molar-refractivity contribution in [3.63, 3.8) is 0 Å². The number of carboxylic acids is 2. The van der Waals surface area contributed by atoms with E-state index in [4.69, 9.17) is 20.4 Å². The number of hydrogen-bond donors (Lipinski definition) is 4. The van der Waals surface area contributed by atoms with Crippen molar-refractivity contribution < 1.29 is 30.0 Å². The molecule has 0 saturated carbocycles. The Kier molecular flexibility index (Phi) is 27.9. The molecule has 0 aliphatic rings. The fraction of sp³-hybridized carbons (Fsp3) is 0.913. The Bertz CT molecular complexity index is 323. The van der Waals surface area contributed by atoms with Crippen LogP contribution in [0, 0.1) is 5.41 Å². The number of aliphatic hydroxyl groups excluding tert-OH is 2. The summed E-state index contributed by atoms with van der Waals surface area (Å²) in [5.41, 5.74) is -0.306. The predicted molar refractivity (Wildman–Crippen MR) is 119 cm³/mol. The van der Waals surface area contributed by atoms with Crippen LogP contribution >= 0.6 is 0 Å². The van der Waals surface area contributed by atoms with Crippen molar-refractivity contribution in [3.05, 3.63) is 0 Å². The normalized spacial score (nSPS) is 10.4. The van der Waals surface area contributed by atoms with Crippen LogP contribution in [0.1, 0.15) is 118 Å². The molecule has 0 rings (SSSR count). The summed E-state index contributed by atoms with van der Waals surface area (Å²) in [7, 11) is 0. The van der Waals surface area contributed by atoms with Crippen molar-refractivity contribution in [2.45, 2.75) is 118 Å². The smallest absolute Gasteiger partial charge is 0.303 e. The van der Waals surface area contributed by atoms with Gasteiger partial charge in [0.05, 0.1) is 13.2 Å². The summed E-state index contributed by atoms with van der Waals surface area (Å²) in [6, 6.07) is 0. The Hall–Kier alpha value is -1.14. The van der Waals surface area contributed by atoms with Crippen LogP contribution in [0.15, 0.2) is 0 Å². The molecule has 0 bridgehead atoms. The van der Waals surface area contributed by atoms with E-state index in [1.54, 1.807) is 13.8 Å². The lowest BCUT2D eigenvalue weighted by Gasteiger charge is -2.16. The highest BCUT2D eigenvalue weighted by Crippen LogP contribution is 2.10. The van der Waals surface area contributed by atoms with Crippen molar-refractivity contribution in [1.82, 2.24) is 0 Å². The third-order valence-corrected chi connectivity index (χ3v) is 4.34. The molecule has 0 fully saturated rings. The van der Waals surface area contributed by atoms with E-state index in [0.717, 1.165) is 25.7 Å².